The van der Waals surface area contributed by atoms with Crippen LogP contribution in [0.2, 0.25) is 0 Å². The van der Waals surface area contributed by atoms with E-state index in [2.05, 4.69) is 9.97 Å². The molecule has 0 bridgehead atoms. The van der Waals surface area contributed by atoms with Gasteiger partial charge in [-0.3, -0.25) is 0 Å². The van der Waals surface area contributed by atoms with E-state index in [4.69, 9.17) is 17.0 Å². The van der Waals surface area contributed by atoms with Gasteiger partial charge < -0.3 is 9.72 Å². The van der Waals surface area contributed by atoms with E-state index in [0.29, 0.717) is 16.0 Å². The maximum atomic E-state index is 14.1. The number of aromatic amines is 1. The van der Waals surface area contributed by atoms with Crippen molar-refractivity contribution in [3.05, 3.63) is 40.5 Å². The highest BCUT2D eigenvalue weighted by Gasteiger charge is 2.12. The SMILES string of the molecule is COc1cccc(-c2[nH]c(=S)ncc2C)c1F. The minimum absolute atomic E-state index is 0.207. The third-order valence-corrected chi connectivity index (χ3v) is 2.66. The molecule has 0 aliphatic rings. The smallest absolute Gasteiger partial charge is 0.197 e. The zero-order valence-corrected chi connectivity index (χ0v) is 10.3. The van der Waals surface area contributed by atoms with E-state index in [9.17, 15) is 4.39 Å². The molecule has 1 N–H and O–H groups in total. The van der Waals surface area contributed by atoms with E-state index in [1.165, 1.54) is 7.11 Å². The lowest BCUT2D eigenvalue weighted by Gasteiger charge is -2.09. The Hall–Kier alpha value is -1.75. The van der Waals surface area contributed by atoms with Gasteiger partial charge in [-0.15, -0.1) is 0 Å². The molecule has 0 aliphatic carbocycles. The molecule has 0 saturated heterocycles. The van der Waals surface area contributed by atoms with Crippen LogP contribution in [-0.2, 0) is 0 Å². The van der Waals surface area contributed by atoms with Crippen molar-refractivity contribution in [2.45, 2.75) is 6.92 Å². The Balaban J connectivity index is 2.68. The first-order valence-corrected chi connectivity index (χ1v) is 5.43. The second kappa shape index (κ2) is 4.63. The molecule has 1 aromatic heterocycles. The fraction of sp³-hybridized carbons (Fsp3) is 0.167. The van der Waals surface area contributed by atoms with E-state index in [-0.39, 0.29) is 5.75 Å². The van der Waals surface area contributed by atoms with Gasteiger partial charge >= 0.3 is 0 Å². The second-order valence-electron chi connectivity index (χ2n) is 3.57. The minimum Gasteiger partial charge on any atom is -0.494 e. The van der Waals surface area contributed by atoms with Crippen LogP contribution in [0.3, 0.4) is 0 Å². The maximum Gasteiger partial charge on any atom is 0.197 e. The van der Waals surface area contributed by atoms with E-state index in [1.807, 2.05) is 6.92 Å². The Morgan fingerprint density at radius 3 is 2.88 bits per heavy atom. The molecular formula is C12H11FN2OS. The van der Waals surface area contributed by atoms with Crippen LogP contribution in [0.1, 0.15) is 5.56 Å². The molecule has 88 valence electrons. The van der Waals surface area contributed by atoms with E-state index >= 15 is 0 Å². The van der Waals surface area contributed by atoms with Crippen LogP contribution in [0.25, 0.3) is 11.3 Å². The summed E-state index contributed by atoms with van der Waals surface area (Å²) in [4.78, 5) is 6.83. The quantitative estimate of drug-likeness (QED) is 0.831. The lowest BCUT2D eigenvalue weighted by molar-refractivity contribution is 0.387. The topological polar surface area (TPSA) is 37.9 Å². The Bertz CT molecular complexity index is 610. The third kappa shape index (κ3) is 2.19. The van der Waals surface area contributed by atoms with Gasteiger partial charge in [0.05, 0.1) is 12.8 Å². The van der Waals surface area contributed by atoms with Crippen LogP contribution in [0.5, 0.6) is 5.75 Å². The monoisotopic (exact) mass is 250 g/mol. The molecule has 1 heterocycles. The van der Waals surface area contributed by atoms with Crippen LogP contribution in [-0.4, -0.2) is 17.1 Å². The fourth-order valence-corrected chi connectivity index (χ4v) is 1.75. The van der Waals surface area contributed by atoms with Gasteiger partial charge in [-0.1, -0.05) is 6.07 Å². The highest BCUT2D eigenvalue weighted by Crippen LogP contribution is 2.29. The number of nitrogens with one attached hydrogen (secondary N) is 1. The number of methoxy groups -OCH3 is 1. The largest absolute Gasteiger partial charge is 0.494 e. The van der Waals surface area contributed by atoms with Crippen molar-refractivity contribution in [1.29, 1.82) is 0 Å². The first-order valence-electron chi connectivity index (χ1n) is 5.02. The molecule has 0 saturated carbocycles. The van der Waals surface area contributed by atoms with Gasteiger partial charge in [-0.25, -0.2) is 9.37 Å². The van der Waals surface area contributed by atoms with E-state index in [1.54, 1.807) is 24.4 Å². The molecule has 3 nitrogen and oxygen atoms in total. The predicted molar refractivity (Wildman–Crippen MR) is 66.1 cm³/mol. The Morgan fingerprint density at radius 2 is 2.18 bits per heavy atom. The third-order valence-electron chi connectivity index (χ3n) is 2.45. The van der Waals surface area contributed by atoms with Crippen molar-refractivity contribution in [3.8, 4) is 17.0 Å². The molecule has 0 amide bonds. The first kappa shape index (κ1) is 11.7. The predicted octanol–water partition coefficient (Wildman–Crippen LogP) is 3.26. The fourth-order valence-electron chi connectivity index (χ4n) is 1.60. The summed E-state index contributed by atoms with van der Waals surface area (Å²) in [6.45, 7) is 1.84. The number of rotatable bonds is 2. The lowest BCUT2D eigenvalue weighted by atomic mass is 10.1. The molecule has 5 heteroatoms. The van der Waals surface area contributed by atoms with Crippen molar-refractivity contribution in [1.82, 2.24) is 9.97 Å². The van der Waals surface area contributed by atoms with Crippen molar-refractivity contribution in [2.24, 2.45) is 0 Å². The second-order valence-corrected chi connectivity index (χ2v) is 3.95. The molecule has 0 spiro atoms. The van der Waals surface area contributed by atoms with E-state index < -0.39 is 5.82 Å². The summed E-state index contributed by atoms with van der Waals surface area (Å²) in [5.41, 5.74) is 1.88. The zero-order chi connectivity index (χ0) is 12.4. The van der Waals surface area contributed by atoms with Crippen molar-refractivity contribution < 1.29 is 9.13 Å². The van der Waals surface area contributed by atoms with Gasteiger partial charge in [0.25, 0.3) is 0 Å². The van der Waals surface area contributed by atoms with Crippen LogP contribution >= 0.6 is 12.2 Å². The summed E-state index contributed by atoms with van der Waals surface area (Å²) < 4.78 is 19.3. The number of H-pyrrole nitrogens is 1. The molecule has 0 atom stereocenters. The average Bonchev–Trinajstić information content (AvgIpc) is 2.33. The molecule has 0 unspecified atom stereocenters. The molecule has 0 radical (unpaired) electrons. The molecular weight excluding hydrogens is 239 g/mol. The molecule has 17 heavy (non-hydrogen) atoms. The van der Waals surface area contributed by atoms with Crippen LogP contribution in [0, 0.1) is 17.5 Å². The maximum absolute atomic E-state index is 14.1. The summed E-state index contributed by atoms with van der Waals surface area (Å²) in [6, 6.07) is 4.98. The van der Waals surface area contributed by atoms with Gasteiger partial charge in [0.15, 0.2) is 16.3 Å². The number of hydrogen-bond acceptors (Lipinski definition) is 3. The van der Waals surface area contributed by atoms with Crippen molar-refractivity contribution in [3.63, 3.8) is 0 Å². The van der Waals surface area contributed by atoms with Crippen LogP contribution in [0.15, 0.2) is 24.4 Å². The van der Waals surface area contributed by atoms with Gasteiger partial charge in [-0.05, 0) is 36.8 Å². The molecule has 2 rings (SSSR count). The lowest BCUT2D eigenvalue weighted by Crippen LogP contribution is -1.96. The summed E-state index contributed by atoms with van der Waals surface area (Å²) in [5, 5.41) is 0. The van der Waals surface area contributed by atoms with Gasteiger partial charge in [0.1, 0.15) is 0 Å². The minimum atomic E-state index is -0.407. The average molecular weight is 250 g/mol. The zero-order valence-electron chi connectivity index (χ0n) is 9.45. The molecule has 0 fully saturated rings. The molecule has 2 aromatic rings. The van der Waals surface area contributed by atoms with Crippen molar-refractivity contribution in [2.75, 3.05) is 7.11 Å². The Labute approximate surface area is 103 Å². The summed E-state index contributed by atoms with van der Waals surface area (Å²) in [7, 11) is 1.43. The number of halogens is 1. The summed E-state index contributed by atoms with van der Waals surface area (Å²) >= 11 is 4.94. The van der Waals surface area contributed by atoms with Crippen LogP contribution in [0.4, 0.5) is 4.39 Å². The van der Waals surface area contributed by atoms with Gasteiger partial charge in [0.2, 0.25) is 0 Å². The standard InChI is InChI=1S/C12H11FN2OS/c1-7-6-14-12(17)15-11(7)8-4-3-5-9(16-2)10(8)13/h3-6H,1-2H3,(H,14,15,17). The first-order chi connectivity index (χ1) is 8.13. The van der Waals surface area contributed by atoms with Gasteiger partial charge in [0, 0.05) is 11.8 Å². The summed E-state index contributed by atoms with van der Waals surface area (Å²) in [6.07, 6.45) is 1.62. The number of aryl methyl sites for hydroxylation is 1. The Morgan fingerprint density at radius 1 is 1.41 bits per heavy atom. The molecule has 0 aliphatic heterocycles. The Kier molecular flexibility index (Phi) is 3.19. The highest BCUT2D eigenvalue weighted by atomic mass is 32.1. The molecule has 1 aromatic carbocycles. The van der Waals surface area contributed by atoms with Crippen LogP contribution < -0.4 is 4.74 Å². The number of nitrogens with zero attached hydrogens (tertiary/aromatic N) is 1. The number of aromatic nitrogens is 2. The summed E-state index contributed by atoms with van der Waals surface area (Å²) in [5.74, 6) is -0.201. The number of ether oxygens (including phenoxy) is 1. The van der Waals surface area contributed by atoms with E-state index in [0.717, 1.165) is 5.56 Å². The van der Waals surface area contributed by atoms with Gasteiger partial charge in [-0.2, -0.15) is 0 Å². The van der Waals surface area contributed by atoms with Crippen molar-refractivity contribution >= 4 is 12.2 Å². The number of hydrogen-bond donors (Lipinski definition) is 1. The normalized spacial score (nSPS) is 10.3. The number of benzene rings is 1. The highest BCUT2D eigenvalue weighted by molar-refractivity contribution is 7.71.